The molecule has 1 aromatic carbocycles. The molecule has 0 aromatic heterocycles. The Balaban J connectivity index is 2.48. The van der Waals surface area contributed by atoms with Gasteiger partial charge in [0.15, 0.2) is 0 Å². The van der Waals surface area contributed by atoms with Gasteiger partial charge in [0.05, 0.1) is 18.5 Å². The summed E-state index contributed by atoms with van der Waals surface area (Å²) in [6, 6.07) is 3.22. The summed E-state index contributed by atoms with van der Waals surface area (Å²) < 4.78 is 0. The molecule has 96 valence electrons. The van der Waals surface area contributed by atoms with E-state index in [2.05, 4.69) is 0 Å². The van der Waals surface area contributed by atoms with Gasteiger partial charge in [-0.2, -0.15) is 0 Å². The Morgan fingerprint density at radius 1 is 1.56 bits per heavy atom. The number of aryl methyl sites for hydroxylation is 1. The van der Waals surface area contributed by atoms with E-state index in [0.717, 1.165) is 22.4 Å². The summed E-state index contributed by atoms with van der Waals surface area (Å²) in [6.07, 6.45) is 0.220. The van der Waals surface area contributed by atoms with Crippen molar-refractivity contribution in [3.63, 3.8) is 0 Å². The fourth-order valence-corrected chi connectivity index (χ4v) is 2.41. The first-order chi connectivity index (χ1) is 8.40. The second-order valence-corrected chi connectivity index (χ2v) is 4.70. The van der Waals surface area contributed by atoms with E-state index < -0.39 is 12.0 Å². The van der Waals surface area contributed by atoms with Crippen molar-refractivity contribution >= 4 is 17.6 Å². The first kappa shape index (κ1) is 12.6. The Kier molecular flexibility index (Phi) is 3.09. The van der Waals surface area contributed by atoms with Gasteiger partial charge in [0.1, 0.15) is 0 Å². The van der Waals surface area contributed by atoms with Crippen molar-refractivity contribution in [2.75, 3.05) is 11.9 Å². The van der Waals surface area contributed by atoms with E-state index >= 15 is 0 Å². The number of amides is 1. The van der Waals surface area contributed by atoms with Gasteiger partial charge in [-0.3, -0.25) is 9.59 Å². The molecule has 0 saturated carbocycles. The largest absolute Gasteiger partial charge is 0.481 e. The number of nitrogens with zero attached hydrogens (tertiary/aromatic N) is 1. The molecule has 1 aliphatic rings. The van der Waals surface area contributed by atoms with E-state index in [1.54, 1.807) is 11.9 Å². The molecule has 0 bridgehead atoms. The van der Waals surface area contributed by atoms with E-state index in [1.165, 1.54) is 0 Å². The molecule has 0 saturated heterocycles. The number of likely N-dealkylation sites (N-methyl/N-ethyl adjacent to an activating group) is 1. The first-order valence-corrected chi connectivity index (χ1v) is 5.77. The van der Waals surface area contributed by atoms with Gasteiger partial charge in [0.25, 0.3) is 0 Å². The van der Waals surface area contributed by atoms with Crippen LogP contribution in [0.15, 0.2) is 12.1 Å². The van der Waals surface area contributed by atoms with Crippen LogP contribution in [-0.2, 0) is 16.0 Å². The van der Waals surface area contributed by atoms with Gasteiger partial charge in [-0.15, -0.1) is 0 Å². The molecular formula is C13H16N2O3. The maximum atomic E-state index is 11.7. The highest BCUT2D eigenvalue weighted by Crippen LogP contribution is 2.36. The van der Waals surface area contributed by atoms with Crippen LogP contribution in [0.4, 0.5) is 5.69 Å². The van der Waals surface area contributed by atoms with Gasteiger partial charge >= 0.3 is 5.97 Å². The van der Waals surface area contributed by atoms with Crippen LogP contribution in [0.2, 0.25) is 0 Å². The van der Waals surface area contributed by atoms with E-state index in [4.69, 9.17) is 10.8 Å². The van der Waals surface area contributed by atoms with Crippen LogP contribution in [0.1, 0.15) is 29.2 Å². The number of hydrogen-bond acceptors (Lipinski definition) is 3. The van der Waals surface area contributed by atoms with Crippen molar-refractivity contribution in [3.8, 4) is 0 Å². The summed E-state index contributed by atoms with van der Waals surface area (Å²) in [5.41, 5.74) is 9.36. The molecule has 1 aliphatic heterocycles. The van der Waals surface area contributed by atoms with E-state index in [-0.39, 0.29) is 12.3 Å². The molecule has 1 unspecified atom stereocenters. The van der Waals surface area contributed by atoms with Crippen LogP contribution < -0.4 is 10.6 Å². The highest BCUT2D eigenvalue weighted by atomic mass is 16.4. The first-order valence-electron chi connectivity index (χ1n) is 5.77. The minimum Gasteiger partial charge on any atom is -0.481 e. The molecule has 0 radical (unpaired) electrons. The maximum Gasteiger partial charge on any atom is 0.305 e. The van der Waals surface area contributed by atoms with E-state index in [9.17, 15) is 9.59 Å². The lowest BCUT2D eigenvalue weighted by Gasteiger charge is -2.20. The molecule has 3 N–H and O–H groups in total. The molecule has 5 heteroatoms. The monoisotopic (exact) mass is 248 g/mol. The molecule has 0 aliphatic carbocycles. The average molecular weight is 248 g/mol. The van der Waals surface area contributed by atoms with Gasteiger partial charge in [-0.05, 0) is 18.1 Å². The summed E-state index contributed by atoms with van der Waals surface area (Å²) in [5, 5.41) is 8.82. The minimum absolute atomic E-state index is 0.0133. The van der Waals surface area contributed by atoms with Crippen LogP contribution in [0.5, 0.6) is 0 Å². The Morgan fingerprint density at radius 3 is 2.83 bits per heavy atom. The molecule has 2 rings (SSSR count). The van der Waals surface area contributed by atoms with Gasteiger partial charge in [-0.25, -0.2) is 0 Å². The second kappa shape index (κ2) is 4.42. The summed E-state index contributed by atoms with van der Waals surface area (Å²) in [4.78, 5) is 24.0. The lowest BCUT2D eigenvalue weighted by Crippen LogP contribution is -2.24. The van der Waals surface area contributed by atoms with Gasteiger partial charge in [0, 0.05) is 13.1 Å². The second-order valence-electron chi connectivity index (χ2n) is 4.70. The van der Waals surface area contributed by atoms with Crippen molar-refractivity contribution < 1.29 is 14.7 Å². The smallest absolute Gasteiger partial charge is 0.305 e. The topological polar surface area (TPSA) is 83.6 Å². The fraction of sp³-hybridized carbons (Fsp3) is 0.385. The Bertz CT molecular complexity index is 525. The van der Waals surface area contributed by atoms with Crippen LogP contribution in [0.3, 0.4) is 0 Å². The van der Waals surface area contributed by atoms with Crippen molar-refractivity contribution in [2.24, 2.45) is 5.73 Å². The standard InChI is InChI=1S/C13H16N2O3/c1-7-3-8-5-11(16)15(2)13(8)9(4-7)10(14)6-12(17)18/h3-4,10H,5-6,14H2,1-2H3,(H,17,18). The molecule has 18 heavy (non-hydrogen) atoms. The van der Waals surface area contributed by atoms with Gasteiger partial charge < -0.3 is 15.7 Å². The summed E-state index contributed by atoms with van der Waals surface area (Å²) >= 11 is 0. The number of anilines is 1. The third kappa shape index (κ3) is 2.09. The predicted molar refractivity (Wildman–Crippen MR) is 67.5 cm³/mol. The lowest BCUT2D eigenvalue weighted by atomic mass is 9.96. The van der Waals surface area contributed by atoms with Gasteiger partial charge in [0.2, 0.25) is 5.91 Å². The number of fused-ring (bicyclic) bond motifs is 1. The van der Waals surface area contributed by atoms with Crippen molar-refractivity contribution in [1.29, 1.82) is 0 Å². The van der Waals surface area contributed by atoms with Crippen molar-refractivity contribution in [2.45, 2.75) is 25.8 Å². The number of carbonyl (C=O) groups excluding carboxylic acids is 1. The van der Waals surface area contributed by atoms with Crippen LogP contribution in [0.25, 0.3) is 0 Å². The zero-order valence-corrected chi connectivity index (χ0v) is 10.4. The zero-order valence-electron chi connectivity index (χ0n) is 10.4. The Labute approximate surface area is 105 Å². The molecule has 0 spiro atoms. The minimum atomic E-state index is -0.940. The highest BCUT2D eigenvalue weighted by molar-refractivity contribution is 6.02. The SMILES string of the molecule is Cc1cc2c(c(C(N)CC(=O)O)c1)N(C)C(=O)C2. The van der Waals surface area contributed by atoms with E-state index in [0.29, 0.717) is 6.42 Å². The number of carbonyl (C=O) groups is 2. The summed E-state index contributed by atoms with van der Waals surface area (Å²) in [6.45, 7) is 1.92. The number of rotatable bonds is 3. The maximum absolute atomic E-state index is 11.7. The third-order valence-corrected chi connectivity index (χ3v) is 3.21. The summed E-state index contributed by atoms with van der Waals surface area (Å²) in [7, 11) is 1.69. The number of carboxylic acids is 1. The molecule has 5 nitrogen and oxygen atoms in total. The number of carboxylic acid groups (broad SMARTS) is 1. The van der Waals surface area contributed by atoms with Crippen molar-refractivity contribution in [1.82, 2.24) is 0 Å². The Morgan fingerprint density at radius 2 is 2.22 bits per heavy atom. The zero-order chi connectivity index (χ0) is 13.4. The molecule has 1 aromatic rings. The van der Waals surface area contributed by atoms with Crippen LogP contribution in [-0.4, -0.2) is 24.0 Å². The van der Waals surface area contributed by atoms with Crippen LogP contribution in [0, 0.1) is 6.92 Å². The number of benzene rings is 1. The lowest BCUT2D eigenvalue weighted by molar-refractivity contribution is -0.137. The highest BCUT2D eigenvalue weighted by Gasteiger charge is 2.29. The Hall–Kier alpha value is -1.88. The van der Waals surface area contributed by atoms with E-state index in [1.807, 2.05) is 19.1 Å². The normalized spacial score (nSPS) is 15.7. The molecular weight excluding hydrogens is 232 g/mol. The quantitative estimate of drug-likeness (QED) is 0.835. The average Bonchev–Trinajstić information content (AvgIpc) is 2.52. The number of aliphatic carboxylic acids is 1. The number of nitrogens with two attached hydrogens (primary N) is 1. The number of hydrogen-bond donors (Lipinski definition) is 2. The summed E-state index contributed by atoms with van der Waals surface area (Å²) in [5.74, 6) is -0.927. The van der Waals surface area contributed by atoms with Gasteiger partial charge in [-0.1, -0.05) is 17.7 Å². The molecule has 1 atom stereocenters. The third-order valence-electron chi connectivity index (χ3n) is 3.21. The molecule has 1 amide bonds. The van der Waals surface area contributed by atoms with Crippen LogP contribution >= 0.6 is 0 Å². The fourth-order valence-electron chi connectivity index (χ4n) is 2.41. The molecule has 0 fully saturated rings. The van der Waals surface area contributed by atoms with Crippen molar-refractivity contribution in [3.05, 3.63) is 28.8 Å². The predicted octanol–water partition coefficient (Wildman–Crippen LogP) is 0.988. The molecule has 1 heterocycles.